The molecule has 0 aliphatic carbocycles. The van der Waals surface area contributed by atoms with Crippen LogP contribution in [0.5, 0.6) is 5.75 Å². The number of para-hydroxylation sites is 2. The molecule has 2 aromatic carbocycles. The van der Waals surface area contributed by atoms with E-state index in [4.69, 9.17) is 9.72 Å². The number of nitrogens with zero attached hydrogens (tertiary/aromatic N) is 1. The molecule has 0 fully saturated rings. The first-order valence-corrected chi connectivity index (χ1v) is 11.0. The first-order chi connectivity index (χ1) is 14.6. The lowest BCUT2D eigenvalue weighted by Crippen LogP contribution is -2.18. The van der Waals surface area contributed by atoms with E-state index in [1.807, 2.05) is 43.3 Å². The number of rotatable bonds is 10. The van der Waals surface area contributed by atoms with E-state index >= 15 is 0 Å². The Labute approximate surface area is 178 Å². The number of aliphatic hydroxyl groups is 1. The van der Waals surface area contributed by atoms with Crippen LogP contribution >= 0.6 is 0 Å². The number of aromatic nitrogens is 2. The maximum Gasteiger partial charge on any atom is 0.259 e. The molecular formula is C25H32N2O3. The van der Waals surface area contributed by atoms with E-state index in [1.54, 1.807) is 6.07 Å². The Hall–Kier alpha value is -2.66. The molecule has 30 heavy (non-hydrogen) atoms. The van der Waals surface area contributed by atoms with Gasteiger partial charge in [0.25, 0.3) is 5.56 Å². The smallest absolute Gasteiger partial charge is 0.259 e. The molecule has 0 amide bonds. The van der Waals surface area contributed by atoms with Crippen molar-refractivity contribution in [1.82, 2.24) is 9.97 Å². The monoisotopic (exact) mass is 408 g/mol. The van der Waals surface area contributed by atoms with Gasteiger partial charge in [0, 0.05) is 5.92 Å². The number of fused-ring (bicyclic) bond motifs is 1. The van der Waals surface area contributed by atoms with E-state index in [0.717, 1.165) is 43.2 Å². The molecular weight excluding hydrogens is 376 g/mol. The summed E-state index contributed by atoms with van der Waals surface area (Å²) < 4.78 is 5.86. The summed E-state index contributed by atoms with van der Waals surface area (Å²) in [6, 6.07) is 13.2. The molecule has 2 N–H and O–H groups in total. The molecule has 0 aliphatic heterocycles. The van der Waals surface area contributed by atoms with E-state index in [2.05, 4.69) is 18.8 Å². The average molecular weight is 409 g/mol. The molecule has 0 aliphatic rings. The number of ether oxygens (including phenoxy) is 1. The molecule has 2 atom stereocenters. The number of H-pyrrole nitrogens is 1. The normalized spacial score (nSPS) is 13.3. The molecule has 3 aromatic rings. The molecule has 0 saturated heterocycles. The van der Waals surface area contributed by atoms with Gasteiger partial charge < -0.3 is 14.8 Å². The van der Waals surface area contributed by atoms with Gasteiger partial charge in [-0.1, -0.05) is 64.3 Å². The standard InChI is InChI=1S/C25H32N2O3/c1-4-6-7-14-21(28)17(3)18-12-10-13-20-23(18)26-24(27-25(20)29)19-11-8-9-15-22(19)30-16-5-2/h8-13,15,17,21,28H,4-7,14,16H2,1-3H3,(H,26,27,29). The molecule has 1 aromatic heterocycles. The van der Waals surface area contributed by atoms with Crippen molar-refractivity contribution >= 4 is 10.9 Å². The van der Waals surface area contributed by atoms with Crippen LogP contribution in [0.3, 0.4) is 0 Å². The summed E-state index contributed by atoms with van der Waals surface area (Å²) in [5.74, 6) is 1.07. The third-order valence-electron chi connectivity index (χ3n) is 5.54. The summed E-state index contributed by atoms with van der Waals surface area (Å²) in [5, 5.41) is 11.3. The second-order valence-electron chi connectivity index (χ2n) is 7.85. The van der Waals surface area contributed by atoms with Gasteiger partial charge in [0.15, 0.2) is 0 Å². The zero-order valence-electron chi connectivity index (χ0n) is 18.1. The average Bonchev–Trinajstić information content (AvgIpc) is 2.77. The highest BCUT2D eigenvalue weighted by molar-refractivity contribution is 5.83. The minimum Gasteiger partial charge on any atom is -0.493 e. The second kappa shape index (κ2) is 10.4. The molecule has 0 saturated carbocycles. The maximum absolute atomic E-state index is 12.9. The number of nitrogens with one attached hydrogen (secondary N) is 1. The summed E-state index contributed by atoms with van der Waals surface area (Å²) >= 11 is 0. The van der Waals surface area contributed by atoms with Crippen molar-refractivity contribution in [3.05, 3.63) is 58.4 Å². The summed E-state index contributed by atoms with van der Waals surface area (Å²) in [6.45, 7) is 6.81. The molecule has 160 valence electrons. The van der Waals surface area contributed by atoms with Gasteiger partial charge in [0.1, 0.15) is 11.6 Å². The molecule has 5 nitrogen and oxygen atoms in total. The van der Waals surface area contributed by atoms with Crippen LogP contribution in [0.25, 0.3) is 22.3 Å². The van der Waals surface area contributed by atoms with Gasteiger partial charge in [-0.3, -0.25) is 4.79 Å². The van der Waals surface area contributed by atoms with E-state index in [0.29, 0.717) is 29.1 Å². The largest absolute Gasteiger partial charge is 0.493 e. The van der Waals surface area contributed by atoms with Crippen molar-refractivity contribution in [2.24, 2.45) is 0 Å². The van der Waals surface area contributed by atoms with E-state index in [1.165, 1.54) is 0 Å². The lowest BCUT2D eigenvalue weighted by atomic mass is 9.90. The maximum atomic E-state index is 12.9. The molecule has 1 heterocycles. The lowest BCUT2D eigenvalue weighted by Gasteiger charge is -2.20. The zero-order chi connectivity index (χ0) is 21.5. The van der Waals surface area contributed by atoms with Crippen LogP contribution in [0.2, 0.25) is 0 Å². The molecule has 0 spiro atoms. The van der Waals surface area contributed by atoms with Crippen molar-refractivity contribution in [2.45, 2.75) is 64.9 Å². The topological polar surface area (TPSA) is 75.2 Å². The number of aliphatic hydroxyl groups excluding tert-OH is 1. The fourth-order valence-electron chi connectivity index (χ4n) is 3.74. The minimum atomic E-state index is -0.466. The van der Waals surface area contributed by atoms with Gasteiger partial charge in [0.2, 0.25) is 0 Å². The summed E-state index contributed by atoms with van der Waals surface area (Å²) in [4.78, 5) is 20.6. The third-order valence-corrected chi connectivity index (χ3v) is 5.54. The SMILES string of the molecule is CCCCCC(O)C(C)c1cccc2c(=O)[nH]c(-c3ccccc3OCCC)nc12. The van der Waals surface area contributed by atoms with Crippen molar-refractivity contribution in [3.63, 3.8) is 0 Å². The Bertz CT molecular complexity index is 1030. The first kappa shape index (κ1) is 22.0. The van der Waals surface area contributed by atoms with Crippen molar-refractivity contribution in [1.29, 1.82) is 0 Å². The van der Waals surface area contributed by atoms with Gasteiger partial charge in [-0.2, -0.15) is 0 Å². The van der Waals surface area contributed by atoms with Crippen molar-refractivity contribution < 1.29 is 9.84 Å². The number of aromatic amines is 1. The zero-order valence-corrected chi connectivity index (χ0v) is 18.1. The van der Waals surface area contributed by atoms with Crippen molar-refractivity contribution in [2.75, 3.05) is 6.61 Å². The Morgan fingerprint density at radius 3 is 2.63 bits per heavy atom. The lowest BCUT2D eigenvalue weighted by molar-refractivity contribution is 0.136. The predicted molar refractivity (Wildman–Crippen MR) is 122 cm³/mol. The van der Waals surface area contributed by atoms with Gasteiger partial charge in [-0.25, -0.2) is 4.98 Å². The second-order valence-corrected chi connectivity index (χ2v) is 7.85. The van der Waals surface area contributed by atoms with Gasteiger partial charge in [-0.15, -0.1) is 0 Å². The number of hydrogen-bond donors (Lipinski definition) is 2. The Kier molecular flexibility index (Phi) is 7.63. The Morgan fingerprint density at radius 1 is 1.07 bits per heavy atom. The quantitative estimate of drug-likeness (QED) is 0.439. The molecule has 3 rings (SSSR count). The van der Waals surface area contributed by atoms with Crippen LogP contribution in [0.1, 0.15) is 64.4 Å². The summed E-state index contributed by atoms with van der Waals surface area (Å²) in [6.07, 6.45) is 4.40. The highest BCUT2D eigenvalue weighted by Crippen LogP contribution is 2.31. The Morgan fingerprint density at radius 2 is 1.87 bits per heavy atom. The molecule has 5 heteroatoms. The van der Waals surface area contributed by atoms with Gasteiger partial charge in [0.05, 0.1) is 29.2 Å². The first-order valence-electron chi connectivity index (χ1n) is 11.0. The van der Waals surface area contributed by atoms with E-state index < -0.39 is 6.10 Å². The highest BCUT2D eigenvalue weighted by Gasteiger charge is 2.20. The Balaban J connectivity index is 2.05. The fourth-order valence-corrected chi connectivity index (χ4v) is 3.74. The van der Waals surface area contributed by atoms with Crippen LogP contribution in [0, 0.1) is 0 Å². The third kappa shape index (κ3) is 4.90. The number of hydrogen-bond acceptors (Lipinski definition) is 4. The summed E-state index contributed by atoms with van der Waals surface area (Å²) in [5.41, 5.74) is 2.12. The van der Waals surface area contributed by atoms with Gasteiger partial charge in [-0.05, 0) is 36.6 Å². The summed E-state index contributed by atoms with van der Waals surface area (Å²) in [7, 11) is 0. The minimum absolute atomic E-state index is 0.112. The molecule has 2 unspecified atom stereocenters. The van der Waals surface area contributed by atoms with Crippen LogP contribution < -0.4 is 10.3 Å². The van der Waals surface area contributed by atoms with Crippen LogP contribution in [-0.4, -0.2) is 27.8 Å². The highest BCUT2D eigenvalue weighted by atomic mass is 16.5. The van der Waals surface area contributed by atoms with E-state index in [-0.39, 0.29) is 11.5 Å². The van der Waals surface area contributed by atoms with Crippen LogP contribution in [0.15, 0.2) is 47.3 Å². The van der Waals surface area contributed by atoms with Crippen molar-refractivity contribution in [3.8, 4) is 17.1 Å². The van der Waals surface area contributed by atoms with E-state index in [9.17, 15) is 9.90 Å². The fraction of sp³-hybridized carbons (Fsp3) is 0.440. The van der Waals surface area contributed by atoms with Crippen LogP contribution in [-0.2, 0) is 0 Å². The molecule has 0 radical (unpaired) electrons. The van der Waals surface area contributed by atoms with Crippen LogP contribution in [0.4, 0.5) is 0 Å². The number of benzene rings is 2. The molecule has 0 bridgehead atoms. The van der Waals surface area contributed by atoms with Gasteiger partial charge >= 0.3 is 0 Å². The predicted octanol–water partition coefficient (Wildman–Crippen LogP) is 5.42. The number of unbranched alkanes of at least 4 members (excludes halogenated alkanes) is 2.